The van der Waals surface area contributed by atoms with Gasteiger partial charge in [0.1, 0.15) is 5.75 Å². The minimum Gasteiger partial charge on any atom is -0.496 e. The van der Waals surface area contributed by atoms with Crippen LogP contribution < -0.4 is 10.1 Å². The van der Waals surface area contributed by atoms with Crippen LogP contribution in [0.15, 0.2) is 51.8 Å². The van der Waals surface area contributed by atoms with Crippen LogP contribution in [0.2, 0.25) is 5.02 Å². The minimum absolute atomic E-state index is 0.163. The SMILES string of the molecule is CNC(CSc1ccccc1Br)c1cc(Cl)ccc1OC. The smallest absolute Gasteiger partial charge is 0.123 e. The first-order chi connectivity index (χ1) is 10.2. The van der Waals surface area contributed by atoms with E-state index >= 15 is 0 Å². The highest BCUT2D eigenvalue weighted by atomic mass is 79.9. The highest BCUT2D eigenvalue weighted by molar-refractivity contribution is 9.10. The van der Waals surface area contributed by atoms with Gasteiger partial charge in [0.15, 0.2) is 0 Å². The number of benzene rings is 2. The van der Waals surface area contributed by atoms with Crippen LogP contribution in [-0.4, -0.2) is 19.9 Å². The molecule has 1 atom stereocenters. The van der Waals surface area contributed by atoms with Crippen molar-refractivity contribution in [1.82, 2.24) is 5.32 Å². The number of methoxy groups -OCH3 is 1. The summed E-state index contributed by atoms with van der Waals surface area (Å²) >= 11 is 11.5. The Hall–Kier alpha value is -0.680. The van der Waals surface area contributed by atoms with E-state index in [0.29, 0.717) is 0 Å². The van der Waals surface area contributed by atoms with Gasteiger partial charge in [-0.25, -0.2) is 0 Å². The molecule has 1 N–H and O–H groups in total. The molecule has 112 valence electrons. The summed E-state index contributed by atoms with van der Waals surface area (Å²) in [5, 5.41) is 4.05. The van der Waals surface area contributed by atoms with E-state index in [0.717, 1.165) is 26.6 Å². The Morgan fingerprint density at radius 1 is 1.29 bits per heavy atom. The molecule has 1 unspecified atom stereocenters. The Labute approximate surface area is 143 Å². The zero-order chi connectivity index (χ0) is 15.2. The Morgan fingerprint density at radius 2 is 2.05 bits per heavy atom. The number of nitrogens with one attached hydrogen (secondary N) is 1. The average molecular weight is 387 g/mol. The van der Waals surface area contributed by atoms with Gasteiger partial charge in [-0.1, -0.05) is 23.7 Å². The average Bonchev–Trinajstić information content (AvgIpc) is 2.50. The first-order valence-corrected chi connectivity index (χ1v) is 8.69. The van der Waals surface area contributed by atoms with Crippen molar-refractivity contribution in [2.45, 2.75) is 10.9 Å². The molecule has 2 nitrogen and oxygen atoms in total. The van der Waals surface area contributed by atoms with Crippen molar-refractivity contribution in [3.8, 4) is 5.75 Å². The summed E-state index contributed by atoms with van der Waals surface area (Å²) in [5.74, 6) is 1.74. The number of rotatable bonds is 6. The molecular formula is C16H17BrClNOS. The summed E-state index contributed by atoms with van der Waals surface area (Å²) in [6.45, 7) is 0. The molecule has 2 rings (SSSR count). The number of hydrogen-bond donors (Lipinski definition) is 1. The van der Waals surface area contributed by atoms with E-state index in [4.69, 9.17) is 16.3 Å². The van der Waals surface area contributed by atoms with Crippen molar-refractivity contribution < 1.29 is 4.74 Å². The van der Waals surface area contributed by atoms with Gasteiger partial charge in [-0.05, 0) is 53.3 Å². The molecule has 0 bridgehead atoms. The third kappa shape index (κ3) is 4.39. The molecule has 0 saturated carbocycles. The van der Waals surface area contributed by atoms with Crippen LogP contribution in [0, 0.1) is 0 Å². The van der Waals surface area contributed by atoms with Gasteiger partial charge in [-0.3, -0.25) is 0 Å². The number of halogens is 2. The molecule has 0 aliphatic rings. The number of ether oxygens (including phenoxy) is 1. The lowest BCUT2D eigenvalue weighted by atomic mass is 10.1. The van der Waals surface area contributed by atoms with Crippen molar-refractivity contribution >= 4 is 39.3 Å². The lowest BCUT2D eigenvalue weighted by Gasteiger charge is -2.19. The molecule has 2 aromatic rings. The fourth-order valence-corrected chi connectivity index (χ4v) is 3.92. The Balaban J connectivity index is 2.17. The maximum Gasteiger partial charge on any atom is 0.123 e. The Morgan fingerprint density at radius 3 is 2.71 bits per heavy atom. The van der Waals surface area contributed by atoms with Crippen molar-refractivity contribution in [1.29, 1.82) is 0 Å². The second kappa shape index (κ2) is 8.08. The topological polar surface area (TPSA) is 21.3 Å². The van der Waals surface area contributed by atoms with Crippen LogP contribution >= 0.6 is 39.3 Å². The molecule has 5 heteroatoms. The molecule has 0 spiro atoms. The van der Waals surface area contributed by atoms with Crippen LogP contribution in [0.25, 0.3) is 0 Å². The van der Waals surface area contributed by atoms with Gasteiger partial charge in [0.05, 0.1) is 7.11 Å². The Kier molecular flexibility index (Phi) is 6.42. The van der Waals surface area contributed by atoms with E-state index in [1.807, 2.05) is 37.4 Å². The molecule has 0 aromatic heterocycles. The molecule has 2 aromatic carbocycles. The van der Waals surface area contributed by atoms with Crippen molar-refractivity contribution in [2.24, 2.45) is 0 Å². The first kappa shape index (κ1) is 16.7. The molecular weight excluding hydrogens is 370 g/mol. The van der Waals surface area contributed by atoms with E-state index in [9.17, 15) is 0 Å². The monoisotopic (exact) mass is 385 g/mol. The van der Waals surface area contributed by atoms with Crippen molar-refractivity contribution in [3.63, 3.8) is 0 Å². The normalized spacial score (nSPS) is 12.2. The fraction of sp³-hybridized carbons (Fsp3) is 0.250. The predicted octanol–water partition coefficient (Wildman–Crippen LogP) is 5.16. The van der Waals surface area contributed by atoms with Crippen molar-refractivity contribution in [3.05, 3.63) is 57.5 Å². The summed E-state index contributed by atoms with van der Waals surface area (Å²) in [4.78, 5) is 1.22. The third-order valence-corrected chi connectivity index (χ3v) is 5.51. The molecule has 0 aliphatic carbocycles. The van der Waals surface area contributed by atoms with Crippen LogP contribution in [0.4, 0.5) is 0 Å². The highest BCUT2D eigenvalue weighted by Crippen LogP contribution is 2.34. The maximum absolute atomic E-state index is 6.12. The standard InChI is InChI=1S/C16H17BrClNOS/c1-19-14(10-21-16-6-4-3-5-13(16)17)12-9-11(18)7-8-15(12)20-2/h3-9,14,19H,10H2,1-2H3. The number of hydrogen-bond acceptors (Lipinski definition) is 3. The van der Waals surface area contributed by atoms with Gasteiger partial charge in [-0.15, -0.1) is 11.8 Å². The van der Waals surface area contributed by atoms with E-state index in [1.165, 1.54) is 4.90 Å². The molecule has 0 fully saturated rings. The van der Waals surface area contributed by atoms with Gasteiger partial charge in [0.2, 0.25) is 0 Å². The third-order valence-electron chi connectivity index (χ3n) is 3.16. The highest BCUT2D eigenvalue weighted by Gasteiger charge is 2.16. The summed E-state index contributed by atoms with van der Waals surface area (Å²) in [7, 11) is 3.63. The van der Waals surface area contributed by atoms with Crippen molar-refractivity contribution in [2.75, 3.05) is 19.9 Å². The van der Waals surface area contributed by atoms with Crippen LogP contribution in [-0.2, 0) is 0 Å². The zero-order valence-electron chi connectivity index (χ0n) is 11.9. The summed E-state index contributed by atoms with van der Waals surface area (Å²) < 4.78 is 6.56. The van der Waals surface area contributed by atoms with Gasteiger partial charge in [0, 0.05) is 31.7 Å². The van der Waals surface area contributed by atoms with Crippen LogP contribution in [0.1, 0.15) is 11.6 Å². The molecule has 0 amide bonds. The maximum atomic E-state index is 6.12. The Bertz CT molecular complexity index is 609. The zero-order valence-corrected chi connectivity index (χ0v) is 15.1. The van der Waals surface area contributed by atoms with Gasteiger partial charge in [-0.2, -0.15) is 0 Å². The van der Waals surface area contributed by atoms with Gasteiger partial charge in [0.25, 0.3) is 0 Å². The first-order valence-electron chi connectivity index (χ1n) is 6.53. The number of thioether (sulfide) groups is 1. The second-order valence-corrected chi connectivity index (χ2v) is 6.82. The van der Waals surface area contributed by atoms with E-state index < -0.39 is 0 Å². The van der Waals surface area contributed by atoms with Gasteiger partial charge >= 0.3 is 0 Å². The van der Waals surface area contributed by atoms with E-state index in [2.05, 4.69) is 33.4 Å². The largest absolute Gasteiger partial charge is 0.496 e. The second-order valence-electron chi connectivity index (χ2n) is 4.47. The van der Waals surface area contributed by atoms with Crippen LogP contribution in [0.5, 0.6) is 5.75 Å². The molecule has 21 heavy (non-hydrogen) atoms. The lowest BCUT2D eigenvalue weighted by molar-refractivity contribution is 0.404. The fourth-order valence-electron chi connectivity index (χ4n) is 2.04. The predicted molar refractivity (Wildman–Crippen MR) is 94.7 cm³/mol. The molecule has 0 saturated heterocycles. The van der Waals surface area contributed by atoms with E-state index in [1.54, 1.807) is 18.9 Å². The summed E-state index contributed by atoms with van der Waals surface area (Å²) in [6, 6.07) is 14.1. The van der Waals surface area contributed by atoms with Crippen LogP contribution in [0.3, 0.4) is 0 Å². The summed E-state index contributed by atoms with van der Waals surface area (Å²) in [6.07, 6.45) is 0. The molecule has 0 radical (unpaired) electrons. The molecule has 0 aliphatic heterocycles. The van der Waals surface area contributed by atoms with Gasteiger partial charge < -0.3 is 10.1 Å². The van der Waals surface area contributed by atoms with E-state index in [-0.39, 0.29) is 6.04 Å². The lowest BCUT2D eigenvalue weighted by Crippen LogP contribution is -2.19. The summed E-state index contributed by atoms with van der Waals surface area (Å²) in [5.41, 5.74) is 1.08. The quantitative estimate of drug-likeness (QED) is 0.693. The molecule has 0 heterocycles. The minimum atomic E-state index is 0.163.